The van der Waals surface area contributed by atoms with Crippen LogP contribution in [0.5, 0.6) is 0 Å². The third-order valence-electron chi connectivity index (χ3n) is 4.11. The van der Waals surface area contributed by atoms with Crippen molar-refractivity contribution in [2.24, 2.45) is 11.8 Å². The Morgan fingerprint density at radius 3 is 3.05 bits per heavy atom. The third kappa shape index (κ3) is 2.69. The molecule has 0 spiro atoms. The Labute approximate surface area is 118 Å². The van der Waals surface area contributed by atoms with Crippen molar-refractivity contribution in [3.63, 3.8) is 0 Å². The van der Waals surface area contributed by atoms with Crippen LogP contribution in [0.15, 0.2) is 6.33 Å². The van der Waals surface area contributed by atoms with Gasteiger partial charge in [-0.2, -0.15) is 9.97 Å². The van der Waals surface area contributed by atoms with E-state index in [9.17, 15) is 0 Å². The SMILES string of the molecule is CNc1nc(NCC2CCCC(C)C2)c2[nH]cnc2n1. The van der Waals surface area contributed by atoms with E-state index in [4.69, 9.17) is 0 Å². The van der Waals surface area contributed by atoms with Gasteiger partial charge in [0.25, 0.3) is 0 Å². The minimum Gasteiger partial charge on any atom is -0.368 e. The van der Waals surface area contributed by atoms with Crippen LogP contribution in [-0.2, 0) is 0 Å². The number of aromatic amines is 1. The van der Waals surface area contributed by atoms with Crippen molar-refractivity contribution in [2.75, 3.05) is 24.2 Å². The van der Waals surface area contributed by atoms with Gasteiger partial charge in [0, 0.05) is 13.6 Å². The topological polar surface area (TPSA) is 78.5 Å². The van der Waals surface area contributed by atoms with Crippen LogP contribution in [-0.4, -0.2) is 33.5 Å². The summed E-state index contributed by atoms with van der Waals surface area (Å²) in [5.74, 6) is 3.03. The minimum absolute atomic E-state index is 0.601. The predicted octanol–water partition coefficient (Wildman–Crippen LogP) is 2.63. The second-order valence-electron chi connectivity index (χ2n) is 5.77. The third-order valence-corrected chi connectivity index (χ3v) is 4.11. The van der Waals surface area contributed by atoms with Crippen LogP contribution in [0.25, 0.3) is 11.2 Å². The standard InChI is InChI=1S/C14H22N6/c1-9-4-3-5-10(6-9)7-16-12-11-13(18-8-17-11)20-14(15-2)19-12/h8-10H,3-7H2,1-2H3,(H3,15,16,17,18,19,20). The minimum atomic E-state index is 0.601. The van der Waals surface area contributed by atoms with Crippen LogP contribution in [0.3, 0.4) is 0 Å². The summed E-state index contributed by atoms with van der Waals surface area (Å²) in [6.45, 7) is 3.32. The highest BCUT2D eigenvalue weighted by Crippen LogP contribution is 2.29. The largest absolute Gasteiger partial charge is 0.368 e. The molecule has 3 rings (SSSR count). The maximum absolute atomic E-state index is 4.49. The Kier molecular flexibility index (Phi) is 3.71. The molecule has 0 aliphatic heterocycles. The van der Waals surface area contributed by atoms with E-state index >= 15 is 0 Å². The molecule has 3 N–H and O–H groups in total. The van der Waals surface area contributed by atoms with E-state index in [1.807, 2.05) is 7.05 Å². The molecule has 2 aromatic heterocycles. The molecule has 6 heteroatoms. The lowest BCUT2D eigenvalue weighted by molar-refractivity contribution is 0.293. The lowest BCUT2D eigenvalue weighted by atomic mass is 9.82. The molecular weight excluding hydrogens is 252 g/mol. The average molecular weight is 274 g/mol. The smallest absolute Gasteiger partial charge is 0.226 e. The fourth-order valence-corrected chi connectivity index (χ4v) is 3.06. The first-order valence-corrected chi connectivity index (χ1v) is 7.39. The quantitative estimate of drug-likeness (QED) is 0.798. The van der Waals surface area contributed by atoms with E-state index in [1.54, 1.807) is 6.33 Å². The molecule has 2 heterocycles. The summed E-state index contributed by atoms with van der Waals surface area (Å²) in [6, 6.07) is 0. The van der Waals surface area contributed by atoms with Gasteiger partial charge in [0.15, 0.2) is 11.5 Å². The van der Waals surface area contributed by atoms with E-state index in [1.165, 1.54) is 25.7 Å². The Bertz CT molecular complexity index is 578. The summed E-state index contributed by atoms with van der Waals surface area (Å²) in [5.41, 5.74) is 1.58. The summed E-state index contributed by atoms with van der Waals surface area (Å²) in [6.07, 6.45) is 7.00. The van der Waals surface area contributed by atoms with Gasteiger partial charge in [0.05, 0.1) is 6.33 Å². The molecule has 0 aromatic carbocycles. The fraction of sp³-hybridized carbons (Fsp3) is 0.643. The average Bonchev–Trinajstić information content (AvgIpc) is 2.93. The predicted molar refractivity (Wildman–Crippen MR) is 80.8 cm³/mol. The van der Waals surface area contributed by atoms with Crippen molar-refractivity contribution >= 4 is 22.9 Å². The summed E-state index contributed by atoms with van der Waals surface area (Å²) in [4.78, 5) is 16.1. The number of fused-ring (bicyclic) bond motifs is 1. The van der Waals surface area contributed by atoms with Gasteiger partial charge in [-0.25, -0.2) is 4.98 Å². The zero-order chi connectivity index (χ0) is 13.9. The molecule has 1 fully saturated rings. The van der Waals surface area contributed by atoms with E-state index in [0.717, 1.165) is 29.7 Å². The monoisotopic (exact) mass is 274 g/mol. The van der Waals surface area contributed by atoms with Crippen molar-refractivity contribution < 1.29 is 0 Å². The van der Waals surface area contributed by atoms with Crippen molar-refractivity contribution in [1.29, 1.82) is 0 Å². The number of nitrogens with zero attached hydrogens (tertiary/aromatic N) is 3. The Balaban J connectivity index is 1.74. The summed E-state index contributed by atoms with van der Waals surface area (Å²) in [7, 11) is 1.82. The summed E-state index contributed by atoms with van der Waals surface area (Å²) < 4.78 is 0. The van der Waals surface area contributed by atoms with Gasteiger partial charge in [0.1, 0.15) is 5.52 Å². The molecule has 1 aliphatic rings. The molecule has 2 atom stereocenters. The summed E-state index contributed by atoms with van der Waals surface area (Å²) >= 11 is 0. The van der Waals surface area contributed by atoms with Crippen LogP contribution in [0, 0.1) is 11.8 Å². The van der Waals surface area contributed by atoms with E-state index < -0.39 is 0 Å². The lowest BCUT2D eigenvalue weighted by Crippen LogP contribution is -2.21. The molecule has 1 aliphatic carbocycles. The zero-order valence-electron chi connectivity index (χ0n) is 12.1. The van der Waals surface area contributed by atoms with Crippen molar-refractivity contribution in [3.8, 4) is 0 Å². The van der Waals surface area contributed by atoms with Crippen LogP contribution >= 0.6 is 0 Å². The van der Waals surface area contributed by atoms with Crippen molar-refractivity contribution in [2.45, 2.75) is 32.6 Å². The molecular formula is C14H22N6. The molecule has 0 radical (unpaired) electrons. The zero-order valence-corrected chi connectivity index (χ0v) is 12.1. The van der Waals surface area contributed by atoms with Crippen LogP contribution in [0.1, 0.15) is 32.6 Å². The first-order chi connectivity index (χ1) is 9.76. The number of rotatable bonds is 4. The Hall–Kier alpha value is -1.85. The van der Waals surface area contributed by atoms with Gasteiger partial charge >= 0.3 is 0 Å². The van der Waals surface area contributed by atoms with Crippen molar-refractivity contribution in [3.05, 3.63) is 6.33 Å². The number of hydrogen-bond donors (Lipinski definition) is 3. The Morgan fingerprint density at radius 2 is 2.25 bits per heavy atom. The van der Waals surface area contributed by atoms with Gasteiger partial charge in [-0.1, -0.05) is 19.8 Å². The van der Waals surface area contributed by atoms with Crippen LogP contribution < -0.4 is 10.6 Å². The number of H-pyrrole nitrogens is 1. The van der Waals surface area contributed by atoms with Crippen molar-refractivity contribution in [1.82, 2.24) is 19.9 Å². The van der Waals surface area contributed by atoms with Crippen LogP contribution in [0.4, 0.5) is 11.8 Å². The fourth-order valence-electron chi connectivity index (χ4n) is 3.06. The highest BCUT2D eigenvalue weighted by atomic mass is 15.2. The van der Waals surface area contributed by atoms with Gasteiger partial charge in [0.2, 0.25) is 5.95 Å². The highest BCUT2D eigenvalue weighted by molar-refractivity contribution is 5.83. The van der Waals surface area contributed by atoms with Gasteiger partial charge in [-0.15, -0.1) is 0 Å². The molecule has 2 unspecified atom stereocenters. The number of nitrogens with one attached hydrogen (secondary N) is 3. The van der Waals surface area contributed by atoms with Gasteiger partial charge in [-0.05, 0) is 24.7 Å². The Morgan fingerprint density at radius 1 is 1.35 bits per heavy atom. The molecule has 108 valence electrons. The molecule has 0 saturated heterocycles. The normalized spacial score (nSPS) is 22.9. The first kappa shape index (κ1) is 13.1. The highest BCUT2D eigenvalue weighted by Gasteiger charge is 2.19. The molecule has 0 bridgehead atoms. The van der Waals surface area contributed by atoms with Gasteiger partial charge in [-0.3, -0.25) is 0 Å². The van der Waals surface area contributed by atoms with E-state index in [2.05, 4.69) is 37.5 Å². The second-order valence-corrected chi connectivity index (χ2v) is 5.77. The van der Waals surface area contributed by atoms with Crippen LogP contribution in [0.2, 0.25) is 0 Å². The maximum Gasteiger partial charge on any atom is 0.226 e. The van der Waals surface area contributed by atoms with Gasteiger partial charge < -0.3 is 15.6 Å². The number of anilines is 2. The molecule has 20 heavy (non-hydrogen) atoms. The first-order valence-electron chi connectivity index (χ1n) is 7.39. The second kappa shape index (κ2) is 5.64. The number of hydrogen-bond acceptors (Lipinski definition) is 5. The lowest BCUT2D eigenvalue weighted by Gasteiger charge is -2.27. The molecule has 6 nitrogen and oxygen atoms in total. The molecule has 0 amide bonds. The molecule has 2 aromatic rings. The molecule has 1 saturated carbocycles. The van der Waals surface area contributed by atoms with E-state index in [0.29, 0.717) is 11.6 Å². The maximum atomic E-state index is 4.49. The number of aromatic nitrogens is 4. The summed E-state index contributed by atoms with van der Waals surface area (Å²) in [5, 5.41) is 6.45. The van der Waals surface area contributed by atoms with E-state index in [-0.39, 0.29) is 0 Å². The number of imidazole rings is 1.